The number of carbonyl (C=O) groups excluding carboxylic acids is 1. The maximum atomic E-state index is 12.9. The number of likely N-dealkylation sites (tertiary alicyclic amines) is 1. The third-order valence-corrected chi connectivity index (χ3v) is 4.99. The zero-order chi connectivity index (χ0) is 20.1. The molecule has 1 amide bonds. The molecule has 7 heteroatoms. The number of carbonyl (C=O) groups is 1. The van der Waals surface area contributed by atoms with E-state index in [1.54, 1.807) is 44.0 Å². The minimum atomic E-state index is 0.00758. The molecule has 0 saturated carbocycles. The number of nitrogens with zero attached hydrogens (tertiary/aromatic N) is 4. The SMILES string of the molecule is COc1ccccc1Oc1nccnc1[C@H]1CCCN(C(=O)c2ccncc2)C1. The molecule has 0 N–H and O–H groups in total. The van der Waals surface area contributed by atoms with Crippen LogP contribution in [0, 0.1) is 0 Å². The summed E-state index contributed by atoms with van der Waals surface area (Å²) in [4.78, 5) is 27.6. The van der Waals surface area contributed by atoms with Crippen molar-refractivity contribution in [3.63, 3.8) is 0 Å². The molecule has 3 aromatic rings. The number of piperidine rings is 1. The van der Waals surface area contributed by atoms with Crippen molar-refractivity contribution in [1.82, 2.24) is 19.9 Å². The first-order valence-electron chi connectivity index (χ1n) is 9.57. The average Bonchev–Trinajstić information content (AvgIpc) is 2.80. The highest BCUT2D eigenvalue weighted by Crippen LogP contribution is 2.35. The number of aromatic nitrogens is 3. The summed E-state index contributed by atoms with van der Waals surface area (Å²) >= 11 is 0. The lowest BCUT2D eigenvalue weighted by molar-refractivity contribution is 0.0704. The lowest BCUT2D eigenvalue weighted by atomic mass is 9.94. The van der Waals surface area contributed by atoms with Crippen LogP contribution in [0.4, 0.5) is 0 Å². The molecule has 0 spiro atoms. The van der Waals surface area contributed by atoms with Gasteiger partial charge in [-0.3, -0.25) is 14.8 Å². The van der Waals surface area contributed by atoms with Crippen LogP contribution in [0.15, 0.2) is 61.2 Å². The van der Waals surface area contributed by atoms with E-state index < -0.39 is 0 Å². The molecule has 29 heavy (non-hydrogen) atoms. The Balaban J connectivity index is 1.56. The first-order chi connectivity index (χ1) is 14.3. The first-order valence-corrected chi connectivity index (χ1v) is 9.57. The van der Waals surface area contributed by atoms with Crippen LogP contribution in [-0.4, -0.2) is 46.0 Å². The van der Waals surface area contributed by atoms with Crippen molar-refractivity contribution in [3.8, 4) is 17.4 Å². The minimum absolute atomic E-state index is 0.00758. The lowest BCUT2D eigenvalue weighted by Gasteiger charge is -2.32. The van der Waals surface area contributed by atoms with Gasteiger partial charge in [-0.1, -0.05) is 12.1 Å². The van der Waals surface area contributed by atoms with Gasteiger partial charge in [0, 0.05) is 49.4 Å². The predicted molar refractivity (Wildman–Crippen MR) is 107 cm³/mol. The van der Waals surface area contributed by atoms with E-state index in [2.05, 4.69) is 15.0 Å². The smallest absolute Gasteiger partial charge is 0.253 e. The standard InChI is InChI=1S/C22H22N4O3/c1-28-18-6-2-3-7-19(18)29-21-20(24-12-13-25-21)17-5-4-14-26(15-17)22(27)16-8-10-23-11-9-16/h2-3,6-13,17H,4-5,14-15H2,1H3/t17-/m0/s1. The molecule has 0 aliphatic carbocycles. The van der Waals surface area contributed by atoms with Gasteiger partial charge in [-0.15, -0.1) is 0 Å². The van der Waals surface area contributed by atoms with Crippen LogP contribution in [0.3, 0.4) is 0 Å². The summed E-state index contributed by atoms with van der Waals surface area (Å²) in [5, 5.41) is 0. The van der Waals surface area contributed by atoms with Gasteiger partial charge in [-0.05, 0) is 37.1 Å². The molecule has 7 nitrogen and oxygen atoms in total. The molecule has 1 aliphatic rings. The van der Waals surface area contributed by atoms with Crippen LogP contribution >= 0.6 is 0 Å². The summed E-state index contributed by atoms with van der Waals surface area (Å²) in [5.41, 5.74) is 1.40. The van der Waals surface area contributed by atoms with Gasteiger partial charge in [-0.2, -0.15) is 0 Å². The van der Waals surface area contributed by atoms with E-state index in [1.165, 1.54) is 0 Å². The quantitative estimate of drug-likeness (QED) is 0.661. The molecule has 1 aromatic carbocycles. The summed E-state index contributed by atoms with van der Waals surface area (Å²) in [6.07, 6.45) is 8.35. The number of hydrogen-bond acceptors (Lipinski definition) is 6. The van der Waals surface area contributed by atoms with Gasteiger partial charge in [0.1, 0.15) is 5.69 Å². The third-order valence-electron chi connectivity index (χ3n) is 4.99. The highest BCUT2D eigenvalue weighted by molar-refractivity contribution is 5.94. The molecular formula is C22H22N4O3. The fourth-order valence-corrected chi connectivity index (χ4v) is 3.56. The first kappa shape index (κ1) is 18.9. The van der Waals surface area contributed by atoms with Crippen LogP contribution in [-0.2, 0) is 0 Å². The molecule has 148 valence electrons. The van der Waals surface area contributed by atoms with Crippen molar-refractivity contribution in [2.75, 3.05) is 20.2 Å². The predicted octanol–water partition coefficient (Wildman–Crippen LogP) is 3.69. The molecule has 0 bridgehead atoms. The summed E-state index contributed by atoms with van der Waals surface area (Å²) < 4.78 is 11.4. The number of methoxy groups -OCH3 is 1. The van der Waals surface area contributed by atoms with E-state index in [0.717, 1.165) is 25.1 Å². The average molecular weight is 390 g/mol. The number of pyridine rings is 1. The molecule has 4 rings (SSSR count). The van der Waals surface area contributed by atoms with E-state index in [0.29, 0.717) is 29.5 Å². The molecule has 0 radical (unpaired) electrons. The fraction of sp³-hybridized carbons (Fsp3) is 0.273. The van der Waals surface area contributed by atoms with Crippen molar-refractivity contribution in [3.05, 3.63) is 72.4 Å². The number of hydrogen-bond donors (Lipinski definition) is 0. The number of rotatable bonds is 5. The number of benzene rings is 1. The van der Waals surface area contributed by atoms with E-state index in [4.69, 9.17) is 9.47 Å². The van der Waals surface area contributed by atoms with Crippen molar-refractivity contribution in [2.45, 2.75) is 18.8 Å². The number of para-hydroxylation sites is 2. The summed E-state index contributed by atoms with van der Waals surface area (Å²) in [5.74, 6) is 1.71. The van der Waals surface area contributed by atoms with Gasteiger partial charge in [0.25, 0.3) is 5.91 Å². The van der Waals surface area contributed by atoms with Crippen LogP contribution in [0.25, 0.3) is 0 Å². The molecule has 1 aliphatic heterocycles. The van der Waals surface area contributed by atoms with E-state index in [9.17, 15) is 4.79 Å². The van der Waals surface area contributed by atoms with E-state index in [-0.39, 0.29) is 11.8 Å². The van der Waals surface area contributed by atoms with Crippen LogP contribution in [0.5, 0.6) is 17.4 Å². The van der Waals surface area contributed by atoms with E-state index in [1.807, 2.05) is 29.2 Å². The second kappa shape index (κ2) is 8.68. The Hall–Kier alpha value is -3.48. The van der Waals surface area contributed by atoms with Gasteiger partial charge < -0.3 is 14.4 Å². The highest BCUT2D eigenvalue weighted by atomic mass is 16.5. The van der Waals surface area contributed by atoms with Crippen molar-refractivity contribution in [1.29, 1.82) is 0 Å². The van der Waals surface area contributed by atoms with Crippen molar-refractivity contribution in [2.24, 2.45) is 0 Å². The topological polar surface area (TPSA) is 77.4 Å². The van der Waals surface area contributed by atoms with Gasteiger partial charge in [0.05, 0.1) is 7.11 Å². The molecule has 1 atom stereocenters. The Morgan fingerprint density at radius 2 is 1.79 bits per heavy atom. The Kier molecular flexibility index (Phi) is 5.65. The maximum Gasteiger partial charge on any atom is 0.253 e. The summed E-state index contributed by atoms with van der Waals surface area (Å²) in [6.45, 7) is 1.29. The Bertz CT molecular complexity index is 981. The van der Waals surface area contributed by atoms with Crippen LogP contribution in [0.1, 0.15) is 34.8 Å². The van der Waals surface area contributed by atoms with Gasteiger partial charge in [0.2, 0.25) is 5.88 Å². The highest BCUT2D eigenvalue weighted by Gasteiger charge is 2.29. The summed E-state index contributed by atoms with van der Waals surface area (Å²) in [7, 11) is 1.60. The van der Waals surface area contributed by atoms with Crippen molar-refractivity contribution >= 4 is 5.91 Å². The zero-order valence-corrected chi connectivity index (χ0v) is 16.2. The van der Waals surface area contributed by atoms with Crippen LogP contribution < -0.4 is 9.47 Å². The molecule has 3 heterocycles. The minimum Gasteiger partial charge on any atom is -0.493 e. The molecular weight excluding hydrogens is 368 g/mol. The molecule has 1 saturated heterocycles. The largest absolute Gasteiger partial charge is 0.493 e. The molecule has 0 unspecified atom stereocenters. The maximum absolute atomic E-state index is 12.9. The van der Waals surface area contributed by atoms with E-state index >= 15 is 0 Å². The fourth-order valence-electron chi connectivity index (χ4n) is 3.56. The third kappa shape index (κ3) is 4.18. The van der Waals surface area contributed by atoms with Gasteiger partial charge in [0.15, 0.2) is 11.5 Å². The Morgan fingerprint density at radius 1 is 1.03 bits per heavy atom. The van der Waals surface area contributed by atoms with Crippen LogP contribution in [0.2, 0.25) is 0 Å². The Morgan fingerprint density at radius 3 is 2.59 bits per heavy atom. The van der Waals surface area contributed by atoms with Crippen molar-refractivity contribution < 1.29 is 14.3 Å². The normalized spacial score (nSPS) is 16.3. The number of ether oxygens (including phenoxy) is 2. The lowest BCUT2D eigenvalue weighted by Crippen LogP contribution is -2.39. The van der Waals surface area contributed by atoms with Gasteiger partial charge >= 0.3 is 0 Å². The molecule has 1 fully saturated rings. The monoisotopic (exact) mass is 390 g/mol. The molecule has 2 aromatic heterocycles. The second-order valence-electron chi connectivity index (χ2n) is 6.83. The zero-order valence-electron chi connectivity index (χ0n) is 16.2. The second-order valence-corrected chi connectivity index (χ2v) is 6.83. The van der Waals surface area contributed by atoms with Gasteiger partial charge in [-0.25, -0.2) is 4.98 Å². The summed E-state index contributed by atoms with van der Waals surface area (Å²) in [6, 6.07) is 10.9. The number of amides is 1. The Labute approximate surface area is 169 Å².